The number of allylic oxidation sites excluding steroid dienone is 2. The summed E-state index contributed by atoms with van der Waals surface area (Å²) in [4.78, 5) is 27.0. The average Bonchev–Trinajstić information content (AvgIpc) is 2.71. The van der Waals surface area contributed by atoms with E-state index in [1.165, 1.54) is 25.3 Å². The van der Waals surface area contributed by atoms with Crippen LogP contribution in [0, 0.1) is 0 Å². The average molecular weight is 394 g/mol. The fourth-order valence-corrected chi connectivity index (χ4v) is 3.09. The molecule has 1 saturated heterocycles. The van der Waals surface area contributed by atoms with E-state index in [9.17, 15) is 9.59 Å². The van der Waals surface area contributed by atoms with Crippen LogP contribution < -0.4 is 0 Å². The molecule has 0 aromatic heterocycles. The van der Waals surface area contributed by atoms with Gasteiger partial charge in [0, 0.05) is 13.1 Å². The molecule has 0 atom stereocenters. The molecule has 0 aromatic rings. The van der Waals surface area contributed by atoms with Crippen LogP contribution in [0.3, 0.4) is 0 Å². The molecule has 1 fully saturated rings. The molecule has 5 nitrogen and oxygen atoms in total. The molecular formula is C23H39NO4. The molecule has 0 bridgehead atoms. The van der Waals surface area contributed by atoms with E-state index in [2.05, 4.69) is 18.7 Å². The van der Waals surface area contributed by atoms with E-state index in [1.54, 1.807) is 6.08 Å². The summed E-state index contributed by atoms with van der Waals surface area (Å²) < 4.78 is 10.6. The molecule has 5 heteroatoms. The maximum atomic E-state index is 12.4. The first-order valence-electron chi connectivity index (χ1n) is 11.2. The lowest BCUT2D eigenvalue weighted by atomic mass is 10.1. The Labute approximate surface area is 171 Å². The Hall–Kier alpha value is -1.78. The largest absolute Gasteiger partial charge is 0.462 e. The second-order valence-electron chi connectivity index (χ2n) is 7.41. The van der Waals surface area contributed by atoms with E-state index in [0.29, 0.717) is 13.2 Å². The van der Waals surface area contributed by atoms with Crippen LogP contribution in [0.25, 0.3) is 0 Å². The van der Waals surface area contributed by atoms with Gasteiger partial charge in [-0.25, -0.2) is 9.59 Å². The molecule has 1 aliphatic heterocycles. The van der Waals surface area contributed by atoms with Gasteiger partial charge in [-0.15, -0.1) is 0 Å². The van der Waals surface area contributed by atoms with Crippen LogP contribution in [0.15, 0.2) is 23.9 Å². The zero-order chi connectivity index (χ0) is 20.5. The van der Waals surface area contributed by atoms with E-state index in [4.69, 9.17) is 9.47 Å². The van der Waals surface area contributed by atoms with Gasteiger partial charge >= 0.3 is 11.9 Å². The van der Waals surface area contributed by atoms with E-state index in [-0.39, 0.29) is 5.57 Å². The number of likely N-dealkylation sites (tertiary alicyclic amines) is 1. The number of esters is 2. The molecule has 0 saturated carbocycles. The number of hydrogen-bond donors (Lipinski definition) is 0. The summed E-state index contributed by atoms with van der Waals surface area (Å²) in [6.45, 7) is 6.99. The molecule has 0 aromatic carbocycles. The van der Waals surface area contributed by atoms with Crippen LogP contribution in [0.2, 0.25) is 0 Å². The van der Waals surface area contributed by atoms with Crippen molar-refractivity contribution in [1.29, 1.82) is 0 Å². The van der Waals surface area contributed by atoms with E-state index in [1.807, 2.05) is 6.20 Å². The molecule has 0 aliphatic carbocycles. The van der Waals surface area contributed by atoms with Gasteiger partial charge in [0.05, 0.1) is 13.2 Å². The number of unbranched alkanes of at least 4 members (excludes halogenated alkanes) is 6. The lowest BCUT2D eigenvalue weighted by Gasteiger charge is -2.24. The van der Waals surface area contributed by atoms with Crippen molar-refractivity contribution < 1.29 is 19.1 Å². The molecule has 0 amide bonds. The first-order valence-corrected chi connectivity index (χ1v) is 11.2. The van der Waals surface area contributed by atoms with Crippen molar-refractivity contribution >= 4 is 11.9 Å². The standard InChI is InChI=1S/C23H39NO4/c1-3-5-7-12-19-27-22(25)21(23(26)28-20-13-8-6-4-2)15-14-18-24-16-10-9-11-17-24/h14-15,18H,3-13,16-17,19-20H2,1-2H3/b18-14+. The number of hydrogen-bond acceptors (Lipinski definition) is 5. The third kappa shape index (κ3) is 11.2. The Morgan fingerprint density at radius 1 is 0.786 bits per heavy atom. The fourth-order valence-electron chi connectivity index (χ4n) is 3.09. The SMILES string of the molecule is CCCCCCOC(=O)C(=C/C=C/N1CCCCC1)C(=O)OCCCCCC. The zero-order valence-electron chi connectivity index (χ0n) is 17.9. The molecule has 28 heavy (non-hydrogen) atoms. The summed E-state index contributed by atoms with van der Waals surface area (Å²) in [5, 5.41) is 0. The maximum Gasteiger partial charge on any atom is 0.345 e. The Morgan fingerprint density at radius 3 is 1.82 bits per heavy atom. The number of piperidine rings is 1. The fraction of sp³-hybridized carbons (Fsp3) is 0.739. The number of nitrogens with zero attached hydrogens (tertiary/aromatic N) is 1. The topological polar surface area (TPSA) is 55.8 Å². The van der Waals surface area contributed by atoms with Crippen molar-refractivity contribution in [2.45, 2.75) is 84.5 Å². The molecule has 1 rings (SSSR count). The van der Waals surface area contributed by atoms with Gasteiger partial charge in [-0.05, 0) is 50.5 Å². The third-order valence-electron chi connectivity index (χ3n) is 4.85. The minimum atomic E-state index is -0.585. The smallest absolute Gasteiger partial charge is 0.345 e. The second kappa shape index (κ2) is 16.2. The van der Waals surface area contributed by atoms with Crippen LogP contribution in [-0.2, 0) is 19.1 Å². The molecule has 1 heterocycles. The van der Waals surface area contributed by atoms with Crippen molar-refractivity contribution in [2.75, 3.05) is 26.3 Å². The van der Waals surface area contributed by atoms with Gasteiger partial charge in [0.15, 0.2) is 0 Å². The van der Waals surface area contributed by atoms with E-state index in [0.717, 1.165) is 64.5 Å². The summed E-state index contributed by atoms with van der Waals surface area (Å²) in [7, 11) is 0. The van der Waals surface area contributed by atoms with Crippen molar-refractivity contribution in [3.63, 3.8) is 0 Å². The third-order valence-corrected chi connectivity index (χ3v) is 4.85. The van der Waals surface area contributed by atoms with Gasteiger partial charge in [0.1, 0.15) is 5.57 Å². The predicted molar refractivity (Wildman–Crippen MR) is 113 cm³/mol. The molecule has 0 spiro atoms. The second-order valence-corrected chi connectivity index (χ2v) is 7.41. The lowest BCUT2D eigenvalue weighted by Crippen LogP contribution is -2.24. The first kappa shape index (κ1) is 24.3. The number of ether oxygens (including phenoxy) is 2. The Morgan fingerprint density at radius 2 is 1.32 bits per heavy atom. The zero-order valence-corrected chi connectivity index (χ0v) is 17.9. The predicted octanol–water partition coefficient (Wildman–Crippen LogP) is 5.16. The summed E-state index contributed by atoms with van der Waals surface area (Å²) in [5.41, 5.74) is -0.0146. The van der Waals surface area contributed by atoms with Crippen molar-refractivity contribution in [2.24, 2.45) is 0 Å². The number of carbonyl (C=O) groups is 2. The minimum absolute atomic E-state index is 0.0146. The normalized spacial score (nSPS) is 14.1. The van der Waals surface area contributed by atoms with Gasteiger partial charge < -0.3 is 14.4 Å². The Bertz CT molecular complexity index is 465. The summed E-state index contributed by atoms with van der Waals surface area (Å²) in [5.74, 6) is -1.17. The molecule has 160 valence electrons. The van der Waals surface area contributed by atoms with Crippen LogP contribution in [0.5, 0.6) is 0 Å². The van der Waals surface area contributed by atoms with E-state index < -0.39 is 11.9 Å². The van der Waals surface area contributed by atoms with Crippen LogP contribution in [-0.4, -0.2) is 43.1 Å². The minimum Gasteiger partial charge on any atom is -0.462 e. The summed E-state index contributed by atoms with van der Waals surface area (Å²) in [6.07, 6.45) is 17.1. The lowest BCUT2D eigenvalue weighted by molar-refractivity contribution is -0.147. The quantitative estimate of drug-likeness (QED) is 0.102. The Balaban J connectivity index is 2.58. The van der Waals surface area contributed by atoms with Crippen molar-refractivity contribution in [1.82, 2.24) is 4.90 Å². The monoisotopic (exact) mass is 393 g/mol. The van der Waals surface area contributed by atoms with Gasteiger partial charge in [-0.3, -0.25) is 0 Å². The molecule has 0 radical (unpaired) electrons. The van der Waals surface area contributed by atoms with Crippen LogP contribution in [0.1, 0.15) is 84.5 Å². The van der Waals surface area contributed by atoms with E-state index >= 15 is 0 Å². The van der Waals surface area contributed by atoms with Gasteiger partial charge in [0.25, 0.3) is 0 Å². The number of carbonyl (C=O) groups excluding carboxylic acids is 2. The number of rotatable bonds is 14. The molecular weight excluding hydrogens is 354 g/mol. The van der Waals surface area contributed by atoms with Gasteiger partial charge in [-0.1, -0.05) is 52.4 Å². The molecule has 1 aliphatic rings. The van der Waals surface area contributed by atoms with Gasteiger partial charge in [0.2, 0.25) is 0 Å². The molecule has 0 unspecified atom stereocenters. The highest BCUT2D eigenvalue weighted by molar-refractivity contribution is 6.14. The van der Waals surface area contributed by atoms with Crippen molar-refractivity contribution in [3.8, 4) is 0 Å². The first-order chi connectivity index (χ1) is 13.7. The summed E-state index contributed by atoms with van der Waals surface area (Å²) >= 11 is 0. The maximum absolute atomic E-state index is 12.4. The molecule has 0 N–H and O–H groups in total. The van der Waals surface area contributed by atoms with Gasteiger partial charge in [-0.2, -0.15) is 0 Å². The highest BCUT2D eigenvalue weighted by Gasteiger charge is 2.20. The Kier molecular flexibility index (Phi) is 14.0. The highest BCUT2D eigenvalue weighted by Crippen LogP contribution is 2.10. The summed E-state index contributed by atoms with van der Waals surface area (Å²) in [6, 6.07) is 0. The van der Waals surface area contributed by atoms with Crippen LogP contribution in [0.4, 0.5) is 0 Å². The van der Waals surface area contributed by atoms with Crippen molar-refractivity contribution in [3.05, 3.63) is 23.9 Å². The highest BCUT2D eigenvalue weighted by atomic mass is 16.6. The van der Waals surface area contributed by atoms with Crippen LogP contribution >= 0.6 is 0 Å².